The number of H-pyrrole nitrogens is 1. The van der Waals surface area contributed by atoms with Gasteiger partial charge in [-0.2, -0.15) is 10.2 Å². The Hall–Kier alpha value is -3.09. The Balaban J connectivity index is 1.52. The number of aromatic nitrogens is 4. The van der Waals surface area contributed by atoms with Gasteiger partial charge in [-0.3, -0.25) is 14.6 Å². The van der Waals surface area contributed by atoms with Crippen molar-refractivity contribution in [2.75, 3.05) is 25.5 Å². The van der Waals surface area contributed by atoms with E-state index in [0.29, 0.717) is 12.2 Å². The van der Waals surface area contributed by atoms with E-state index in [1.54, 1.807) is 6.07 Å². The van der Waals surface area contributed by atoms with Crippen molar-refractivity contribution in [1.82, 2.24) is 25.3 Å². The van der Waals surface area contributed by atoms with Crippen molar-refractivity contribution < 1.29 is 4.79 Å². The summed E-state index contributed by atoms with van der Waals surface area (Å²) in [5.41, 5.74) is 6.56. The topological polar surface area (TPSA) is 78.8 Å². The molecule has 28 heavy (non-hydrogen) atoms. The molecule has 148 valence electrons. The summed E-state index contributed by atoms with van der Waals surface area (Å²) in [4.78, 5) is 14.5. The number of nitrogens with zero attached hydrogens (tertiary/aromatic N) is 4. The maximum atomic E-state index is 12.4. The van der Waals surface area contributed by atoms with Gasteiger partial charge >= 0.3 is 0 Å². The number of nitrogens with one attached hydrogen (secondary N) is 2. The van der Waals surface area contributed by atoms with Crippen LogP contribution in [0.5, 0.6) is 0 Å². The van der Waals surface area contributed by atoms with E-state index in [0.717, 1.165) is 35.5 Å². The fourth-order valence-electron chi connectivity index (χ4n) is 3.26. The molecular weight excluding hydrogens is 352 g/mol. The van der Waals surface area contributed by atoms with Gasteiger partial charge in [-0.15, -0.1) is 0 Å². The molecule has 2 N–H and O–H groups in total. The van der Waals surface area contributed by atoms with Gasteiger partial charge in [-0.25, -0.2) is 0 Å². The summed E-state index contributed by atoms with van der Waals surface area (Å²) >= 11 is 0. The van der Waals surface area contributed by atoms with Crippen molar-refractivity contribution in [2.45, 2.75) is 26.7 Å². The van der Waals surface area contributed by atoms with Crippen LogP contribution in [-0.4, -0.2) is 46.5 Å². The lowest BCUT2D eigenvalue weighted by atomic mass is 10.1. The highest BCUT2D eigenvalue weighted by Crippen LogP contribution is 2.25. The molecule has 7 nitrogen and oxygen atoms in total. The van der Waals surface area contributed by atoms with E-state index < -0.39 is 0 Å². The molecule has 0 atom stereocenters. The monoisotopic (exact) mass is 380 g/mol. The van der Waals surface area contributed by atoms with Crippen LogP contribution in [0.1, 0.15) is 33.9 Å². The van der Waals surface area contributed by atoms with Crippen LogP contribution < -0.4 is 10.2 Å². The highest BCUT2D eigenvalue weighted by Gasteiger charge is 2.16. The third-order valence-electron chi connectivity index (χ3n) is 4.97. The predicted molar refractivity (Wildman–Crippen MR) is 112 cm³/mol. The molecule has 3 aromatic rings. The number of amides is 1. The quantitative estimate of drug-likeness (QED) is 0.618. The third-order valence-corrected chi connectivity index (χ3v) is 4.97. The summed E-state index contributed by atoms with van der Waals surface area (Å²) in [5.74, 6) is -0.138. The zero-order valence-electron chi connectivity index (χ0n) is 17.2. The van der Waals surface area contributed by atoms with Gasteiger partial charge in [0.1, 0.15) is 5.69 Å². The van der Waals surface area contributed by atoms with E-state index in [2.05, 4.69) is 49.8 Å². The molecule has 1 aromatic carbocycles. The maximum absolute atomic E-state index is 12.4. The van der Waals surface area contributed by atoms with Gasteiger partial charge in [0.15, 0.2) is 0 Å². The Kier molecular flexibility index (Phi) is 5.82. The molecule has 0 aliphatic rings. The van der Waals surface area contributed by atoms with Crippen LogP contribution in [0.4, 0.5) is 5.69 Å². The van der Waals surface area contributed by atoms with Crippen LogP contribution in [0.3, 0.4) is 0 Å². The van der Waals surface area contributed by atoms with Gasteiger partial charge in [-0.05, 0) is 50.5 Å². The van der Waals surface area contributed by atoms with Crippen LogP contribution in [0, 0.1) is 13.8 Å². The van der Waals surface area contributed by atoms with Gasteiger partial charge < -0.3 is 10.2 Å². The lowest BCUT2D eigenvalue weighted by molar-refractivity contribution is 0.0948. The van der Waals surface area contributed by atoms with Gasteiger partial charge in [-0.1, -0.05) is 12.1 Å². The molecular formula is C21H28N6O. The average Bonchev–Trinajstić information content (AvgIpc) is 3.23. The van der Waals surface area contributed by atoms with Gasteiger partial charge in [0.2, 0.25) is 0 Å². The first kappa shape index (κ1) is 19.7. The highest BCUT2D eigenvalue weighted by molar-refractivity contribution is 5.93. The molecule has 0 unspecified atom stereocenters. The lowest BCUT2D eigenvalue weighted by Gasteiger charge is -2.12. The molecule has 0 fully saturated rings. The van der Waals surface area contributed by atoms with Crippen molar-refractivity contribution in [3.63, 3.8) is 0 Å². The molecule has 2 aromatic heterocycles. The Morgan fingerprint density at radius 2 is 1.93 bits per heavy atom. The number of benzene rings is 1. The zero-order valence-corrected chi connectivity index (χ0v) is 17.2. The van der Waals surface area contributed by atoms with Crippen LogP contribution in [0.25, 0.3) is 11.3 Å². The normalized spacial score (nSPS) is 10.9. The summed E-state index contributed by atoms with van der Waals surface area (Å²) < 4.78 is 1.82. The SMILES string of the molecule is Cc1nn(C)c(C)c1-c1cc(C(=O)NCCCc2ccc(N(C)C)cc2)[nH]n1. The highest BCUT2D eigenvalue weighted by atomic mass is 16.1. The van der Waals surface area contributed by atoms with Crippen LogP contribution in [-0.2, 0) is 13.5 Å². The first-order chi connectivity index (χ1) is 13.4. The third kappa shape index (κ3) is 4.24. The number of anilines is 1. The summed E-state index contributed by atoms with van der Waals surface area (Å²) in [6, 6.07) is 10.3. The van der Waals surface area contributed by atoms with Gasteiger partial charge in [0, 0.05) is 44.6 Å². The minimum absolute atomic E-state index is 0.138. The van der Waals surface area contributed by atoms with Crippen LogP contribution in [0.15, 0.2) is 30.3 Å². The second-order valence-corrected chi connectivity index (χ2v) is 7.26. The fourth-order valence-corrected chi connectivity index (χ4v) is 3.26. The second kappa shape index (κ2) is 8.29. The van der Waals surface area contributed by atoms with E-state index >= 15 is 0 Å². The van der Waals surface area contributed by atoms with Gasteiger partial charge in [0.25, 0.3) is 5.91 Å². The number of carbonyl (C=O) groups excluding carboxylic acids is 1. The number of rotatable bonds is 7. The zero-order chi connectivity index (χ0) is 20.3. The van der Waals surface area contributed by atoms with Crippen molar-refractivity contribution in [3.05, 3.63) is 53.0 Å². The van der Waals surface area contributed by atoms with Crippen LogP contribution in [0.2, 0.25) is 0 Å². The molecule has 0 saturated heterocycles. The largest absolute Gasteiger partial charge is 0.378 e. The summed E-state index contributed by atoms with van der Waals surface area (Å²) in [7, 11) is 5.96. The second-order valence-electron chi connectivity index (χ2n) is 7.26. The molecule has 1 amide bonds. The first-order valence-electron chi connectivity index (χ1n) is 9.47. The molecule has 3 rings (SSSR count). The molecule has 0 aliphatic heterocycles. The van der Waals surface area contributed by atoms with Crippen molar-refractivity contribution in [2.24, 2.45) is 7.05 Å². The van der Waals surface area contributed by atoms with E-state index in [4.69, 9.17) is 0 Å². The van der Waals surface area contributed by atoms with E-state index in [-0.39, 0.29) is 5.91 Å². The molecule has 0 aliphatic carbocycles. The Bertz CT molecular complexity index is 952. The molecule has 2 heterocycles. The molecule has 0 spiro atoms. The summed E-state index contributed by atoms with van der Waals surface area (Å²) in [5, 5.41) is 14.5. The minimum atomic E-state index is -0.138. The van der Waals surface area contributed by atoms with Crippen molar-refractivity contribution in [1.29, 1.82) is 0 Å². The number of hydrogen-bond donors (Lipinski definition) is 2. The van der Waals surface area contributed by atoms with Crippen LogP contribution >= 0.6 is 0 Å². The smallest absolute Gasteiger partial charge is 0.269 e. The number of carbonyl (C=O) groups is 1. The van der Waals surface area contributed by atoms with Crippen molar-refractivity contribution in [3.8, 4) is 11.3 Å². The lowest BCUT2D eigenvalue weighted by Crippen LogP contribution is -2.25. The summed E-state index contributed by atoms with van der Waals surface area (Å²) in [6.45, 7) is 4.56. The predicted octanol–water partition coefficient (Wildman–Crippen LogP) is 2.86. The van der Waals surface area contributed by atoms with Gasteiger partial charge in [0.05, 0.1) is 11.4 Å². The van der Waals surface area contributed by atoms with E-state index in [1.165, 1.54) is 11.3 Å². The first-order valence-corrected chi connectivity index (χ1v) is 9.47. The molecule has 7 heteroatoms. The van der Waals surface area contributed by atoms with E-state index in [9.17, 15) is 4.79 Å². The fraction of sp³-hybridized carbons (Fsp3) is 0.381. The average molecular weight is 380 g/mol. The number of aryl methyl sites for hydroxylation is 3. The minimum Gasteiger partial charge on any atom is -0.378 e. The molecule has 0 radical (unpaired) electrons. The Labute approximate surface area is 165 Å². The Morgan fingerprint density at radius 1 is 1.21 bits per heavy atom. The maximum Gasteiger partial charge on any atom is 0.269 e. The number of aromatic amines is 1. The standard InChI is InChI=1S/C21H28N6O/c1-14-20(15(2)27(5)25-14)18-13-19(24-23-18)21(28)22-12-6-7-16-8-10-17(11-9-16)26(3)4/h8-11,13H,6-7,12H2,1-5H3,(H,22,28)(H,23,24). The summed E-state index contributed by atoms with van der Waals surface area (Å²) in [6.07, 6.45) is 1.81. The van der Waals surface area contributed by atoms with E-state index in [1.807, 2.05) is 39.7 Å². The Morgan fingerprint density at radius 3 is 2.54 bits per heavy atom. The molecule has 0 saturated carbocycles. The number of hydrogen-bond acceptors (Lipinski definition) is 4. The van der Waals surface area contributed by atoms with Crippen molar-refractivity contribution >= 4 is 11.6 Å². The molecule has 0 bridgehead atoms.